The van der Waals surface area contributed by atoms with Crippen LogP contribution in [0.3, 0.4) is 0 Å². The Labute approximate surface area is 173 Å². The van der Waals surface area contributed by atoms with Gasteiger partial charge in [-0.3, -0.25) is 4.79 Å². The summed E-state index contributed by atoms with van der Waals surface area (Å²) in [6.45, 7) is 5.96. The first-order valence-corrected chi connectivity index (χ1v) is 10.2. The average molecular weight is 402 g/mol. The number of carbonyl (C=O) groups is 1. The van der Waals surface area contributed by atoms with E-state index in [-0.39, 0.29) is 5.91 Å². The zero-order valence-corrected chi connectivity index (χ0v) is 18.2. The molecule has 0 atom stereocenters. The smallest absolute Gasteiger partial charge is 0.224 e. The second kappa shape index (κ2) is 10.9. The number of aromatic nitrogens is 2. The molecule has 0 saturated carbocycles. The van der Waals surface area contributed by atoms with Crippen molar-refractivity contribution in [2.24, 2.45) is 0 Å². The molecule has 1 amide bonds. The number of hydrogen-bond donors (Lipinski definition) is 2. The Morgan fingerprint density at radius 1 is 1.11 bits per heavy atom. The van der Waals surface area contributed by atoms with Gasteiger partial charge in [-0.05, 0) is 38.3 Å². The van der Waals surface area contributed by atoms with Crippen LogP contribution in [0.4, 0.5) is 17.2 Å². The Morgan fingerprint density at radius 3 is 2.46 bits per heavy atom. The van der Waals surface area contributed by atoms with E-state index in [0.717, 1.165) is 32.4 Å². The Hall–Kier alpha value is -2.28. The molecule has 0 aliphatic heterocycles. The molecule has 0 bridgehead atoms. The van der Waals surface area contributed by atoms with Crippen LogP contribution in [0.5, 0.6) is 0 Å². The largest absolute Gasteiger partial charge is 0.372 e. The molecule has 2 rings (SSSR count). The molecule has 0 spiro atoms. The first-order valence-electron chi connectivity index (χ1n) is 9.77. The summed E-state index contributed by atoms with van der Waals surface area (Å²) in [4.78, 5) is 25.3. The van der Waals surface area contributed by atoms with Crippen LogP contribution in [0, 0.1) is 6.92 Å². The molecule has 0 radical (unpaired) electrons. The molecule has 7 heteroatoms. The van der Waals surface area contributed by atoms with Gasteiger partial charge in [-0.15, -0.1) is 12.6 Å². The van der Waals surface area contributed by atoms with Crippen molar-refractivity contribution >= 4 is 35.7 Å². The van der Waals surface area contributed by atoms with Crippen LogP contribution in [0.2, 0.25) is 0 Å². The number of nitrogens with zero attached hydrogens (tertiary/aromatic N) is 4. The number of aryl methyl sites for hydroxylation is 1. The van der Waals surface area contributed by atoms with Crippen LogP contribution < -0.4 is 15.1 Å². The fraction of sp³-hybridized carbons (Fsp3) is 0.476. The maximum absolute atomic E-state index is 12.4. The number of carbonyl (C=O) groups excluding carboxylic acids is 1. The molecule has 0 fully saturated rings. The van der Waals surface area contributed by atoms with Crippen molar-refractivity contribution in [3.8, 4) is 0 Å². The fourth-order valence-electron chi connectivity index (χ4n) is 3.05. The number of amides is 1. The van der Waals surface area contributed by atoms with Gasteiger partial charge >= 0.3 is 0 Å². The highest BCUT2D eigenvalue weighted by molar-refractivity contribution is 7.80. The molecule has 1 aromatic heterocycles. The zero-order valence-electron chi connectivity index (χ0n) is 17.3. The van der Waals surface area contributed by atoms with Crippen LogP contribution >= 0.6 is 12.6 Å². The molecular weight excluding hydrogens is 370 g/mol. The highest BCUT2D eigenvalue weighted by Gasteiger charge is 2.15. The topological polar surface area (TPSA) is 61.4 Å². The highest BCUT2D eigenvalue weighted by Crippen LogP contribution is 2.28. The monoisotopic (exact) mass is 401 g/mol. The summed E-state index contributed by atoms with van der Waals surface area (Å²) < 4.78 is 0. The lowest BCUT2D eigenvalue weighted by Crippen LogP contribution is -2.25. The summed E-state index contributed by atoms with van der Waals surface area (Å²) in [7, 11) is 3.77. The number of benzene rings is 1. The lowest BCUT2D eigenvalue weighted by atomic mass is 10.2. The first kappa shape index (κ1) is 22.0. The zero-order chi connectivity index (χ0) is 20.5. The predicted molar refractivity (Wildman–Crippen MR) is 120 cm³/mol. The van der Waals surface area contributed by atoms with Crippen molar-refractivity contribution < 1.29 is 4.79 Å². The van der Waals surface area contributed by atoms with E-state index in [2.05, 4.69) is 64.0 Å². The molecule has 0 aliphatic rings. The molecule has 0 aliphatic carbocycles. The van der Waals surface area contributed by atoms with Gasteiger partial charge in [0.2, 0.25) is 5.91 Å². The molecule has 28 heavy (non-hydrogen) atoms. The number of rotatable bonds is 10. The van der Waals surface area contributed by atoms with Gasteiger partial charge in [0.25, 0.3) is 0 Å². The van der Waals surface area contributed by atoms with Gasteiger partial charge in [0.15, 0.2) is 5.82 Å². The second-order valence-corrected chi connectivity index (χ2v) is 7.44. The lowest BCUT2D eigenvalue weighted by molar-refractivity contribution is -0.116. The van der Waals surface area contributed by atoms with Crippen LogP contribution in [0.25, 0.3) is 0 Å². The van der Waals surface area contributed by atoms with Crippen LogP contribution in [-0.2, 0) is 4.79 Å². The van der Waals surface area contributed by atoms with E-state index in [1.807, 2.05) is 32.0 Å². The summed E-state index contributed by atoms with van der Waals surface area (Å²) in [6.07, 6.45) is 3.34. The summed E-state index contributed by atoms with van der Waals surface area (Å²) in [5.41, 5.74) is 1.81. The minimum absolute atomic E-state index is 0.0346. The molecule has 1 aromatic carbocycles. The maximum atomic E-state index is 12.4. The van der Waals surface area contributed by atoms with Crippen LogP contribution in [0.1, 0.15) is 38.4 Å². The fourth-order valence-corrected chi connectivity index (χ4v) is 3.35. The van der Waals surface area contributed by atoms with Gasteiger partial charge < -0.3 is 15.1 Å². The summed E-state index contributed by atoms with van der Waals surface area (Å²) in [5.74, 6) is 1.26. The maximum Gasteiger partial charge on any atom is 0.224 e. The van der Waals surface area contributed by atoms with E-state index >= 15 is 0 Å². The SMILES string of the molecule is CCCN(CCCCC(=O)Nc1c(S)nc(C)nc1N(C)C)c1ccccc1. The van der Waals surface area contributed by atoms with Gasteiger partial charge in [0.05, 0.1) is 0 Å². The minimum Gasteiger partial charge on any atom is -0.372 e. The quantitative estimate of drug-likeness (QED) is 0.355. The Morgan fingerprint density at radius 2 is 1.82 bits per heavy atom. The van der Waals surface area contributed by atoms with Crippen molar-refractivity contribution in [3.63, 3.8) is 0 Å². The van der Waals surface area contributed by atoms with E-state index < -0.39 is 0 Å². The molecule has 152 valence electrons. The van der Waals surface area contributed by atoms with Gasteiger partial charge in [-0.2, -0.15) is 0 Å². The van der Waals surface area contributed by atoms with Crippen molar-refractivity contribution in [3.05, 3.63) is 36.2 Å². The number of nitrogens with one attached hydrogen (secondary N) is 1. The third-order valence-corrected chi connectivity index (χ3v) is 4.69. The number of thiol groups is 1. The molecule has 2 aromatic rings. The van der Waals surface area contributed by atoms with Crippen molar-refractivity contribution in [2.45, 2.75) is 44.6 Å². The molecule has 0 unspecified atom stereocenters. The molecular formula is C21H31N5OS. The van der Waals surface area contributed by atoms with E-state index in [0.29, 0.717) is 28.8 Å². The van der Waals surface area contributed by atoms with Crippen molar-refractivity contribution in [1.29, 1.82) is 0 Å². The van der Waals surface area contributed by atoms with Crippen molar-refractivity contribution in [1.82, 2.24) is 9.97 Å². The molecule has 1 N–H and O–H groups in total. The standard InChI is InChI=1S/C21H31N5OS/c1-5-14-26(17-11-7-6-8-12-17)15-10-9-13-18(27)24-19-20(25(3)4)22-16(2)23-21(19)28/h6-8,11-12H,5,9-10,13-15H2,1-4H3,(H,24,27)(H,22,23,28). The van der Waals surface area contributed by atoms with E-state index in [1.54, 1.807) is 0 Å². The van der Waals surface area contributed by atoms with Gasteiger partial charge in [-0.1, -0.05) is 25.1 Å². The normalized spacial score (nSPS) is 10.6. The summed E-state index contributed by atoms with van der Waals surface area (Å²) in [6, 6.07) is 10.4. The Bertz CT molecular complexity index is 767. The van der Waals surface area contributed by atoms with Crippen LogP contribution in [0.15, 0.2) is 35.4 Å². The number of unbranched alkanes of at least 4 members (excludes halogenated alkanes) is 1. The predicted octanol–water partition coefficient (Wildman–Crippen LogP) is 4.17. The van der Waals surface area contributed by atoms with E-state index in [9.17, 15) is 4.79 Å². The van der Waals surface area contributed by atoms with E-state index in [4.69, 9.17) is 0 Å². The highest BCUT2D eigenvalue weighted by atomic mass is 32.1. The Kier molecular flexibility index (Phi) is 8.57. The third kappa shape index (κ3) is 6.41. The number of para-hydroxylation sites is 1. The number of hydrogen-bond acceptors (Lipinski definition) is 6. The van der Waals surface area contributed by atoms with Gasteiger partial charge in [0, 0.05) is 39.3 Å². The second-order valence-electron chi connectivity index (χ2n) is 7.02. The lowest BCUT2D eigenvalue weighted by Gasteiger charge is -2.24. The van der Waals surface area contributed by atoms with Gasteiger partial charge in [0.1, 0.15) is 16.5 Å². The van der Waals surface area contributed by atoms with Crippen LogP contribution in [-0.4, -0.2) is 43.1 Å². The van der Waals surface area contributed by atoms with E-state index in [1.165, 1.54) is 5.69 Å². The summed E-state index contributed by atoms with van der Waals surface area (Å²) in [5, 5.41) is 3.43. The van der Waals surface area contributed by atoms with Crippen molar-refractivity contribution in [2.75, 3.05) is 42.3 Å². The first-order chi connectivity index (χ1) is 13.4. The summed E-state index contributed by atoms with van der Waals surface area (Å²) >= 11 is 4.41. The molecule has 1 heterocycles. The molecule has 0 saturated heterocycles. The Balaban J connectivity index is 1.88. The average Bonchev–Trinajstić information content (AvgIpc) is 2.66. The third-order valence-electron chi connectivity index (χ3n) is 4.37. The minimum atomic E-state index is -0.0346. The molecule has 6 nitrogen and oxygen atoms in total. The number of anilines is 3. The van der Waals surface area contributed by atoms with Gasteiger partial charge in [-0.25, -0.2) is 9.97 Å².